The van der Waals surface area contributed by atoms with Crippen LogP contribution in [0, 0.1) is 0 Å². The standard InChI is InChI=1S/C18H19NO3/c1-22-15-7-4-13(5-8-15)14-6-9-16(18(20)21)17(12-14)19-10-2-3-11-19/h4-9,12H,2-3,10-11H2,1H3,(H,20,21). The molecular weight excluding hydrogens is 278 g/mol. The minimum atomic E-state index is -0.872. The fourth-order valence-electron chi connectivity index (χ4n) is 2.90. The first-order valence-corrected chi connectivity index (χ1v) is 7.46. The molecule has 1 fully saturated rings. The number of benzene rings is 2. The van der Waals surface area contributed by atoms with Crippen molar-refractivity contribution in [3.63, 3.8) is 0 Å². The number of anilines is 1. The summed E-state index contributed by atoms with van der Waals surface area (Å²) < 4.78 is 5.17. The first-order chi connectivity index (χ1) is 10.7. The van der Waals surface area contributed by atoms with Crippen LogP contribution in [0.2, 0.25) is 0 Å². The monoisotopic (exact) mass is 297 g/mol. The Labute approximate surface area is 130 Å². The molecule has 1 aliphatic rings. The molecule has 0 unspecified atom stereocenters. The largest absolute Gasteiger partial charge is 0.497 e. The van der Waals surface area contributed by atoms with Crippen LogP contribution in [0.3, 0.4) is 0 Å². The molecule has 0 aromatic heterocycles. The highest BCUT2D eigenvalue weighted by Gasteiger charge is 2.19. The van der Waals surface area contributed by atoms with E-state index in [-0.39, 0.29) is 0 Å². The molecule has 3 rings (SSSR count). The lowest BCUT2D eigenvalue weighted by atomic mass is 10.0. The van der Waals surface area contributed by atoms with Gasteiger partial charge in [-0.3, -0.25) is 0 Å². The van der Waals surface area contributed by atoms with E-state index in [2.05, 4.69) is 4.90 Å². The number of hydrogen-bond donors (Lipinski definition) is 1. The Morgan fingerprint density at radius 3 is 2.27 bits per heavy atom. The van der Waals surface area contributed by atoms with Crippen molar-refractivity contribution in [1.82, 2.24) is 0 Å². The summed E-state index contributed by atoms with van der Waals surface area (Å²) in [6, 6.07) is 13.4. The summed E-state index contributed by atoms with van der Waals surface area (Å²) in [7, 11) is 1.64. The van der Waals surface area contributed by atoms with Crippen molar-refractivity contribution in [3.8, 4) is 16.9 Å². The Hall–Kier alpha value is -2.49. The predicted octanol–water partition coefficient (Wildman–Crippen LogP) is 3.66. The summed E-state index contributed by atoms with van der Waals surface area (Å²) in [5.41, 5.74) is 3.27. The smallest absolute Gasteiger partial charge is 0.337 e. The fraction of sp³-hybridized carbons (Fsp3) is 0.278. The molecule has 114 valence electrons. The maximum absolute atomic E-state index is 11.5. The summed E-state index contributed by atoms with van der Waals surface area (Å²) in [4.78, 5) is 13.6. The zero-order chi connectivity index (χ0) is 15.5. The molecule has 4 nitrogen and oxygen atoms in total. The van der Waals surface area contributed by atoms with Gasteiger partial charge in [-0.2, -0.15) is 0 Å². The number of ether oxygens (including phenoxy) is 1. The highest BCUT2D eigenvalue weighted by molar-refractivity contribution is 5.95. The summed E-state index contributed by atoms with van der Waals surface area (Å²) >= 11 is 0. The normalized spacial score (nSPS) is 14.1. The molecule has 0 atom stereocenters. The van der Waals surface area contributed by atoms with Crippen LogP contribution in [0.15, 0.2) is 42.5 Å². The number of hydrogen-bond acceptors (Lipinski definition) is 3. The second-order valence-corrected chi connectivity index (χ2v) is 5.46. The van der Waals surface area contributed by atoms with Gasteiger partial charge in [0.25, 0.3) is 0 Å². The Kier molecular flexibility index (Phi) is 4.00. The topological polar surface area (TPSA) is 49.8 Å². The van der Waals surface area contributed by atoms with Crippen molar-refractivity contribution in [2.24, 2.45) is 0 Å². The van der Waals surface area contributed by atoms with E-state index in [0.29, 0.717) is 5.56 Å². The molecule has 1 saturated heterocycles. The maximum Gasteiger partial charge on any atom is 0.337 e. The van der Waals surface area contributed by atoms with Crippen LogP contribution < -0.4 is 9.64 Å². The van der Waals surface area contributed by atoms with E-state index in [4.69, 9.17) is 4.74 Å². The van der Waals surface area contributed by atoms with Gasteiger partial charge in [0.2, 0.25) is 0 Å². The highest BCUT2D eigenvalue weighted by Crippen LogP contribution is 2.31. The average molecular weight is 297 g/mol. The molecule has 2 aromatic carbocycles. The first-order valence-electron chi connectivity index (χ1n) is 7.46. The van der Waals surface area contributed by atoms with Crippen LogP contribution >= 0.6 is 0 Å². The third-order valence-corrected chi connectivity index (χ3v) is 4.10. The lowest BCUT2D eigenvalue weighted by Gasteiger charge is -2.21. The van der Waals surface area contributed by atoms with E-state index >= 15 is 0 Å². The molecule has 0 radical (unpaired) electrons. The number of carbonyl (C=O) groups is 1. The van der Waals surface area contributed by atoms with Crippen molar-refractivity contribution in [3.05, 3.63) is 48.0 Å². The van der Waals surface area contributed by atoms with Gasteiger partial charge < -0.3 is 14.7 Å². The van der Waals surface area contributed by atoms with Crippen LogP contribution in [0.1, 0.15) is 23.2 Å². The van der Waals surface area contributed by atoms with Gasteiger partial charge in [0, 0.05) is 13.1 Å². The SMILES string of the molecule is COc1ccc(-c2ccc(C(=O)O)c(N3CCCC3)c2)cc1. The second-order valence-electron chi connectivity index (χ2n) is 5.46. The molecule has 0 aliphatic carbocycles. The molecule has 0 spiro atoms. The zero-order valence-corrected chi connectivity index (χ0v) is 12.6. The molecule has 0 bridgehead atoms. The first kappa shape index (κ1) is 14.4. The number of nitrogens with zero attached hydrogens (tertiary/aromatic N) is 1. The molecule has 0 saturated carbocycles. The van der Waals surface area contributed by atoms with E-state index < -0.39 is 5.97 Å². The van der Waals surface area contributed by atoms with Crippen molar-refractivity contribution < 1.29 is 14.6 Å². The van der Waals surface area contributed by atoms with E-state index in [0.717, 1.165) is 48.5 Å². The molecule has 2 aromatic rings. The highest BCUT2D eigenvalue weighted by atomic mass is 16.5. The van der Waals surface area contributed by atoms with Crippen molar-refractivity contribution in [2.75, 3.05) is 25.1 Å². The Balaban J connectivity index is 2.01. The van der Waals surface area contributed by atoms with Crippen molar-refractivity contribution in [1.29, 1.82) is 0 Å². The summed E-state index contributed by atoms with van der Waals surface area (Å²) in [6.07, 6.45) is 2.23. The summed E-state index contributed by atoms with van der Waals surface area (Å²) in [5.74, 6) is -0.0612. The van der Waals surface area contributed by atoms with Gasteiger partial charge in [-0.1, -0.05) is 18.2 Å². The zero-order valence-electron chi connectivity index (χ0n) is 12.6. The Bertz CT molecular complexity index is 673. The summed E-state index contributed by atoms with van der Waals surface area (Å²) in [6.45, 7) is 1.85. The van der Waals surface area contributed by atoms with E-state index in [1.54, 1.807) is 13.2 Å². The second kappa shape index (κ2) is 6.10. The van der Waals surface area contributed by atoms with Crippen LogP contribution in [0.4, 0.5) is 5.69 Å². The average Bonchev–Trinajstić information content (AvgIpc) is 3.08. The van der Waals surface area contributed by atoms with Gasteiger partial charge in [-0.25, -0.2) is 4.79 Å². The van der Waals surface area contributed by atoms with Gasteiger partial charge in [-0.15, -0.1) is 0 Å². The molecule has 4 heteroatoms. The molecule has 22 heavy (non-hydrogen) atoms. The van der Waals surface area contributed by atoms with E-state index in [9.17, 15) is 9.90 Å². The summed E-state index contributed by atoms with van der Waals surface area (Å²) in [5, 5.41) is 9.41. The van der Waals surface area contributed by atoms with Crippen molar-refractivity contribution in [2.45, 2.75) is 12.8 Å². The lowest BCUT2D eigenvalue weighted by Crippen LogP contribution is -2.20. The van der Waals surface area contributed by atoms with Gasteiger partial charge >= 0.3 is 5.97 Å². The van der Waals surface area contributed by atoms with Crippen LogP contribution in [-0.4, -0.2) is 31.3 Å². The Morgan fingerprint density at radius 2 is 1.68 bits per heavy atom. The lowest BCUT2D eigenvalue weighted by molar-refractivity contribution is 0.0697. The fourth-order valence-corrected chi connectivity index (χ4v) is 2.90. The number of aromatic carboxylic acids is 1. The van der Waals surface area contributed by atoms with Crippen LogP contribution in [-0.2, 0) is 0 Å². The molecule has 0 amide bonds. The maximum atomic E-state index is 11.5. The van der Waals surface area contributed by atoms with E-state index in [1.165, 1.54) is 0 Å². The molecular formula is C18H19NO3. The third kappa shape index (κ3) is 2.77. The van der Waals surface area contributed by atoms with Gasteiger partial charge in [-0.05, 0) is 48.2 Å². The quantitative estimate of drug-likeness (QED) is 0.935. The van der Waals surface area contributed by atoms with Crippen molar-refractivity contribution >= 4 is 11.7 Å². The Morgan fingerprint density at radius 1 is 1.05 bits per heavy atom. The minimum absolute atomic E-state index is 0.374. The third-order valence-electron chi connectivity index (χ3n) is 4.10. The molecule has 1 heterocycles. The number of carboxylic acids is 1. The number of methoxy groups -OCH3 is 1. The number of carboxylic acid groups (broad SMARTS) is 1. The minimum Gasteiger partial charge on any atom is -0.497 e. The number of rotatable bonds is 4. The van der Waals surface area contributed by atoms with Gasteiger partial charge in [0.05, 0.1) is 18.4 Å². The predicted molar refractivity (Wildman–Crippen MR) is 86.8 cm³/mol. The van der Waals surface area contributed by atoms with Crippen LogP contribution in [0.5, 0.6) is 5.75 Å². The molecule has 1 N–H and O–H groups in total. The molecule has 1 aliphatic heterocycles. The van der Waals surface area contributed by atoms with Crippen LogP contribution in [0.25, 0.3) is 11.1 Å². The van der Waals surface area contributed by atoms with Gasteiger partial charge in [0.1, 0.15) is 5.75 Å². The van der Waals surface area contributed by atoms with Gasteiger partial charge in [0.15, 0.2) is 0 Å². The van der Waals surface area contributed by atoms with E-state index in [1.807, 2.05) is 36.4 Å².